The topological polar surface area (TPSA) is 54.5 Å². The molecule has 138 valence electrons. The van der Waals surface area contributed by atoms with Crippen LogP contribution in [0, 0.1) is 0 Å². The Labute approximate surface area is 167 Å². The number of nitrogens with one attached hydrogen (secondary N) is 1. The lowest BCUT2D eigenvalue weighted by Gasteiger charge is -2.27. The van der Waals surface area contributed by atoms with Crippen LogP contribution in [0.3, 0.4) is 0 Å². The van der Waals surface area contributed by atoms with Gasteiger partial charge in [-0.05, 0) is 24.6 Å². The van der Waals surface area contributed by atoms with Crippen LogP contribution in [0.25, 0.3) is 0 Å². The van der Waals surface area contributed by atoms with Gasteiger partial charge >= 0.3 is 0 Å². The van der Waals surface area contributed by atoms with Crippen molar-refractivity contribution in [2.75, 3.05) is 31.6 Å². The van der Waals surface area contributed by atoms with Crippen molar-refractivity contribution in [2.45, 2.75) is 13.0 Å². The van der Waals surface area contributed by atoms with E-state index >= 15 is 0 Å². The average molecular weight is 415 g/mol. The second kappa shape index (κ2) is 8.44. The molecule has 1 aromatic carbocycles. The first-order valence-electron chi connectivity index (χ1n) is 8.20. The summed E-state index contributed by atoms with van der Waals surface area (Å²) >= 11 is 18.7. The molecule has 1 saturated heterocycles. The quantitative estimate of drug-likeness (QED) is 0.789. The number of ether oxygens (including phenoxy) is 1. The van der Waals surface area contributed by atoms with Crippen LogP contribution in [0.15, 0.2) is 30.5 Å². The number of benzene rings is 1. The Bertz CT molecular complexity index is 810. The van der Waals surface area contributed by atoms with Gasteiger partial charge in [0.2, 0.25) is 0 Å². The van der Waals surface area contributed by atoms with Gasteiger partial charge in [-0.3, -0.25) is 4.79 Å². The van der Waals surface area contributed by atoms with Gasteiger partial charge in [0, 0.05) is 19.3 Å². The molecule has 5 nitrogen and oxygen atoms in total. The summed E-state index contributed by atoms with van der Waals surface area (Å²) in [5, 5.41) is 4.56. The first-order chi connectivity index (χ1) is 12.5. The lowest BCUT2D eigenvalue weighted by molar-refractivity contribution is 0.0302. The van der Waals surface area contributed by atoms with Gasteiger partial charge in [-0.2, -0.15) is 0 Å². The molecule has 1 atom stereocenters. The van der Waals surface area contributed by atoms with E-state index < -0.39 is 0 Å². The summed E-state index contributed by atoms with van der Waals surface area (Å²) in [5.74, 6) is 0.383. The van der Waals surface area contributed by atoms with Crippen molar-refractivity contribution in [3.8, 4) is 0 Å². The number of anilines is 1. The Kier molecular flexibility index (Phi) is 6.24. The van der Waals surface area contributed by atoms with Gasteiger partial charge < -0.3 is 15.0 Å². The molecule has 1 aromatic heterocycles. The average Bonchev–Trinajstić information content (AvgIpc) is 2.65. The van der Waals surface area contributed by atoms with Gasteiger partial charge in [0.25, 0.3) is 5.91 Å². The van der Waals surface area contributed by atoms with E-state index in [0.717, 1.165) is 5.56 Å². The number of pyridine rings is 1. The summed E-state index contributed by atoms with van der Waals surface area (Å²) in [6, 6.07) is 6.92. The second-order valence-electron chi connectivity index (χ2n) is 5.97. The number of hydrogen-bond donors (Lipinski definition) is 1. The van der Waals surface area contributed by atoms with E-state index in [2.05, 4.69) is 10.3 Å². The normalized spacial score (nSPS) is 15.6. The summed E-state index contributed by atoms with van der Waals surface area (Å²) in [6.45, 7) is 4.17. The highest BCUT2D eigenvalue weighted by atomic mass is 35.5. The molecule has 3 rings (SSSR count). The maximum absolute atomic E-state index is 12.5. The molecule has 1 unspecified atom stereocenters. The minimum absolute atomic E-state index is 0.0971. The van der Waals surface area contributed by atoms with Gasteiger partial charge in [0.15, 0.2) is 0 Å². The van der Waals surface area contributed by atoms with Crippen LogP contribution < -0.4 is 5.32 Å². The SMILES string of the molecule is CC(Nc1ncc(C(=O)N2CCOCC2)cc1Cl)c1cccc(Cl)c1Cl. The fourth-order valence-corrected chi connectivity index (χ4v) is 3.44. The molecule has 0 bridgehead atoms. The zero-order valence-corrected chi connectivity index (χ0v) is 16.4. The van der Waals surface area contributed by atoms with E-state index in [4.69, 9.17) is 39.5 Å². The zero-order chi connectivity index (χ0) is 18.7. The highest BCUT2D eigenvalue weighted by Crippen LogP contribution is 2.32. The Morgan fingerprint density at radius 3 is 2.65 bits per heavy atom. The molecule has 0 saturated carbocycles. The van der Waals surface area contributed by atoms with Gasteiger partial charge in [0.1, 0.15) is 5.82 Å². The van der Waals surface area contributed by atoms with Crippen molar-refractivity contribution < 1.29 is 9.53 Å². The van der Waals surface area contributed by atoms with Crippen LogP contribution in [0.2, 0.25) is 15.1 Å². The molecule has 2 heterocycles. The predicted octanol–water partition coefficient (Wildman–Crippen LogP) is 4.69. The Hall–Kier alpha value is -1.53. The number of carbonyl (C=O) groups is 1. The van der Waals surface area contributed by atoms with Crippen LogP contribution in [0.4, 0.5) is 5.82 Å². The molecular weight excluding hydrogens is 397 g/mol. The largest absolute Gasteiger partial charge is 0.378 e. The van der Waals surface area contributed by atoms with Gasteiger partial charge in [-0.1, -0.05) is 46.9 Å². The maximum atomic E-state index is 12.5. The minimum Gasteiger partial charge on any atom is -0.378 e. The van der Waals surface area contributed by atoms with Gasteiger partial charge in [-0.25, -0.2) is 4.98 Å². The lowest BCUT2D eigenvalue weighted by Crippen LogP contribution is -2.40. The molecule has 1 fully saturated rings. The third-order valence-corrected chi connectivity index (χ3v) is 5.31. The van der Waals surface area contributed by atoms with Crippen molar-refractivity contribution in [3.05, 3.63) is 56.7 Å². The molecule has 8 heteroatoms. The summed E-state index contributed by atoms with van der Waals surface area (Å²) in [5.41, 5.74) is 1.29. The van der Waals surface area contributed by atoms with Crippen molar-refractivity contribution >= 4 is 46.5 Å². The van der Waals surface area contributed by atoms with Crippen molar-refractivity contribution in [3.63, 3.8) is 0 Å². The Morgan fingerprint density at radius 1 is 1.23 bits per heavy atom. The van der Waals surface area contributed by atoms with Gasteiger partial charge in [0.05, 0.1) is 39.9 Å². The highest BCUT2D eigenvalue weighted by Gasteiger charge is 2.20. The molecule has 1 N–H and O–H groups in total. The predicted molar refractivity (Wildman–Crippen MR) is 104 cm³/mol. The van der Waals surface area contributed by atoms with Crippen LogP contribution in [0.5, 0.6) is 0 Å². The summed E-state index contributed by atoms with van der Waals surface area (Å²) in [4.78, 5) is 18.6. The van der Waals surface area contributed by atoms with Crippen LogP contribution in [-0.4, -0.2) is 42.1 Å². The second-order valence-corrected chi connectivity index (χ2v) is 7.16. The molecule has 26 heavy (non-hydrogen) atoms. The highest BCUT2D eigenvalue weighted by molar-refractivity contribution is 6.42. The number of carbonyl (C=O) groups excluding carboxylic acids is 1. The molecule has 1 aliphatic heterocycles. The van der Waals surface area contributed by atoms with Crippen LogP contribution in [0.1, 0.15) is 28.9 Å². The molecular formula is C18H18Cl3N3O2. The van der Waals surface area contributed by atoms with Gasteiger partial charge in [-0.15, -0.1) is 0 Å². The number of morpholine rings is 1. The zero-order valence-electron chi connectivity index (χ0n) is 14.1. The molecule has 0 spiro atoms. The van der Waals surface area contributed by atoms with E-state index in [1.54, 1.807) is 17.0 Å². The molecule has 2 aromatic rings. The molecule has 1 aliphatic rings. The third-order valence-electron chi connectivity index (χ3n) is 4.19. The van der Waals surface area contributed by atoms with E-state index in [1.165, 1.54) is 6.20 Å². The molecule has 0 radical (unpaired) electrons. The van der Waals surface area contributed by atoms with E-state index in [-0.39, 0.29) is 11.9 Å². The number of amides is 1. The fourth-order valence-electron chi connectivity index (χ4n) is 2.75. The molecule has 0 aliphatic carbocycles. The fraction of sp³-hybridized carbons (Fsp3) is 0.333. The lowest BCUT2D eigenvalue weighted by atomic mass is 10.1. The van der Waals surface area contributed by atoms with E-state index in [0.29, 0.717) is 52.8 Å². The van der Waals surface area contributed by atoms with E-state index in [1.807, 2.05) is 19.1 Å². The number of nitrogens with zero attached hydrogens (tertiary/aromatic N) is 2. The van der Waals surface area contributed by atoms with Crippen molar-refractivity contribution in [2.24, 2.45) is 0 Å². The van der Waals surface area contributed by atoms with Crippen LogP contribution >= 0.6 is 34.8 Å². The Balaban J connectivity index is 1.75. The van der Waals surface area contributed by atoms with Crippen molar-refractivity contribution in [1.82, 2.24) is 9.88 Å². The maximum Gasteiger partial charge on any atom is 0.255 e. The number of rotatable bonds is 4. The third kappa shape index (κ3) is 4.23. The first-order valence-corrected chi connectivity index (χ1v) is 9.33. The Morgan fingerprint density at radius 2 is 1.96 bits per heavy atom. The minimum atomic E-state index is -0.160. The number of halogens is 3. The summed E-state index contributed by atoms with van der Waals surface area (Å²) in [7, 11) is 0. The van der Waals surface area contributed by atoms with Crippen LogP contribution in [-0.2, 0) is 4.74 Å². The monoisotopic (exact) mass is 413 g/mol. The standard InChI is InChI=1S/C18H18Cl3N3O2/c1-11(13-3-2-4-14(19)16(13)21)23-17-15(20)9-12(10-22-17)18(25)24-5-7-26-8-6-24/h2-4,9-11H,5-8H2,1H3,(H,22,23). The van der Waals surface area contributed by atoms with E-state index in [9.17, 15) is 4.79 Å². The summed E-state index contributed by atoms with van der Waals surface area (Å²) in [6.07, 6.45) is 1.53. The smallest absolute Gasteiger partial charge is 0.255 e. The first kappa shape index (κ1) is 19.2. The number of hydrogen-bond acceptors (Lipinski definition) is 4. The van der Waals surface area contributed by atoms with Crippen molar-refractivity contribution in [1.29, 1.82) is 0 Å². The number of aromatic nitrogens is 1. The molecule has 1 amide bonds. The summed E-state index contributed by atoms with van der Waals surface area (Å²) < 4.78 is 5.27.